The molecule has 33 heavy (non-hydrogen) atoms. The molecule has 0 N–H and O–H groups in total. The van der Waals surface area contributed by atoms with Gasteiger partial charge in [-0.05, 0) is 44.0 Å². The fourth-order valence-electron chi connectivity index (χ4n) is 4.43. The lowest BCUT2D eigenvalue weighted by atomic mass is 10.1. The second-order valence-electron chi connectivity index (χ2n) is 8.54. The molecule has 1 fully saturated rings. The third kappa shape index (κ3) is 4.13. The van der Waals surface area contributed by atoms with Gasteiger partial charge in [-0.25, -0.2) is 22.8 Å². The molecule has 4 aromatic rings. The third-order valence-electron chi connectivity index (χ3n) is 6.21. The monoisotopic (exact) mass is 485 g/mol. The van der Waals surface area contributed by atoms with Crippen LogP contribution in [0.5, 0.6) is 0 Å². The summed E-state index contributed by atoms with van der Waals surface area (Å²) in [5, 5.41) is 4.68. The number of rotatable bonds is 5. The van der Waals surface area contributed by atoms with Gasteiger partial charge in [0, 0.05) is 29.7 Å². The van der Waals surface area contributed by atoms with Crippen LogP contribution in [0.15, 0.2) is 36.7 Å². The van der Waals surface area contributed by atoms with Crippen LogP contribution in [0.25, 0.3) is 20.7 Å². The number of aromatic nitrogens is 4. The molecule has 5 rings (SSSR count). The van der Waals surface area contributed by atoms with Crippen LogP contribution in [0.1, 0.15) is 29.4 Å². The Kier molecular flexibility index (Phi) is 5.44. The summed E-state index contributed by atoms with van der Waals surface area (Å²) in [4.78, 5) is 12.0. The number of sulfone groups is 1. The Morgan fingerprint density at radius 2 is 1.97 bits per heavy atom. The first-order valence-electron chi connectivity index (χ1n) is 10.7. The van der Waals surface area contributed by atoms with Crippen LogP contribution in [0, 0.1) is 19.7 Å². The van der Waals surface area contributed by atoms with Crippen molar-refractivity contribution in [2.24, 2.45) is 0 Å². The molecule has 0 spiro atoms. The molecule has 0 bridgehead atoms. The van der Waals surface area contributed by atoms with E-state index in [1.807, 2.05) is 31.6 Å². The van der Waals surface area contributed by atoms with Gasteiger partial charge in [0.2, 0.25) is 0 Å². The Morgan fingerprint density at radius 3 is 2.67 bits per heavy atom. The smallest absolute Gasteiger partial charge is 0.152 e. The van der Waals surface area contributed by atoms with Gasteiger partial charge in [-0.1, -0.05) is 12.1 Å². The summed E-state index contributed by atoms with van der Waals surface area (Å²) in [5.74, 6) is 0.923. The summed E-state index contributed by atoms with van der Waals surface area (Å²) in [6.07, 6.45) is 2.16. The minimum atomic E-state index is -2.98. The molecule has 1 atom stereocenters. The van der Waals surface area contributed by atoms with Gasteiger partial charge < -0.3 is 4.90 Å². The number of hydrogen-bond donors (Lipinski definition) is 0. The van der Waals surface area contributed by atoms with Gasteiger partial charge >= 0.3 is 0 Å². The molecule has 0 unspecified atom stereocenters. The second kappa shape index (κ2) is 8.18. The topological polar surface area (TPSA) is 81.0 Å². The minimum Gasteiger partial charge on any atom is -0.354 e. The number of halogens is 1. The van der Waals surface area contributed by atoms with Gasteiger partial charge in [-0.15, -0.1) is 11.3 Å². The van der Waals surface area contributed by atoms with Crippen LogP contribution in [0.3, 0.4) is 0 Å². The van der Waals surface area contributed by atoms with Crippen LogP contribution in [-0.2, 0) is 16.4 Å². The molecular weight excluding hydrogens is 461 g/mol. The van der Waals surface area contributed by atoms with E-state index in [2.05, 4.69) is 20.0 Å². The Morgan fingerprint density at radius 1 is 1.21 bits per heavy atom. The summed E-state index contributed by atoms with van der Waals surface area (Å²) in [6, 6.07) is 8.34. The SMILES string of the molecule is Cc1nn([C@@H]2CCS(=O)(=O)C2)c(C)c1CN(C)c1ncnc2cc(-c3ccc(F)cc3)sc12. The first-order chi connectivity index (χ1) is 15.7. The molecule has 1 saturated heterocycles. The van der Waals surface area contributed by atoms with Crippen LogP contribution >= 0.6 is 11.3 Å². The summed E-state index contributed by atoms with van der Waals surface area (Å²) >= 11 is 1.58. The van der Waals surface area contributed by atoms with Crippen molar-refractivity contribution in [1.29, 1.82) is 0 Å². The highest BCUT2D eigenvalue weighted by Crippen LogP contribution is 2.37. The molecule has 0 radical (unpaired) electrons. The number of aryl methyl sites for hydroxylation is 1. The number of fused-ring (bicyclic) bond motifs is 1. The lowest BCUT2D eigenvalue weighted by Gasteiger charge is -2.19. The lowest BCUT2D eigenvalue weighted by molar-refractivity contribution is 0.485. The van der Waals surface area contributed by atoms with E-state index in [4.69, 9.17) is 0 Å². The first-order valence-corrected chi connectivity index (χ1v) is 13.3. The zero-order chi connectivity index (χ0) is 23.3. The van der Waals surface area contributed by atoms with E-state index in [0.717, 1.165) is 43.4 Å². The Labute approximate surface area is 195 Å². The van der Waals surface area contributed by atoms with Gasteiger partial charge in [-0.2, -0.15) is 5.10 Å². The van der Waals surface area contributed by atoms with Crippen molar-refractivity contribution in [3.8, 4) is 10.4 Å². The molecule has 0 aliphatic carbocycles. The maximum Gasteiger partial charge on any atom is 0.152 e. The highest BCUT2D eigenvalue weighted by molar-refractivity contribution is 7.91. The molecule has 1 aliphatic heterocycles. The molecule has 1 aromatic carbocycles. The molecule has 10 heteroatoms. The van der Waals surface area contributed by atoms with E-state index in [-0.39, 0.29) is 23.4 Å². The number of hydrogen-bond acceptors (Lipinski definition) is 7. The quantitative estimate of drug-likeness (QED) is 0.419. The summed E-state index contributed by atoms with van der Waals surface area (Å²) in [6.45, 7) is 4.55. The molecular formula is C23H24FN5O2S2. The fraction of sp³-hybridized carbons (Fsp3) is 0.348. The predicted octanol–water partition coefficient (Wildman–Crippen LogP) is 4.31. The summed E-state index contributed by atoms with van der Waals surface area (Å²) < 4.78 is 40.1. The van der Waals surface area contributed by atoms with Crippen LogP contribution in [0.2, 0.25) is 0 Å². The fourth-order valence-corrected chi connectivity index (χ4v) is 7.28. The molecule has 0 amide bonds. The predicted molar refractivity (Wildman–Crippen MR) is 129 cm³/mol. The standard InChI is InChI=1S/C23H24FN5O2S2/c1-14-19(15(2)29(27-14)18-8-9-33(30,31)12-18)11-28(3)23-22-20(25-13-26-23)10-21(32-22)16-4-6-17(24)7-5-16/h4-7,10,13,18H,8-9,11-12H2,1-3H3/t18-/m1/s1. The third-order valence-corrected chi connectivity index (χ3v) is 9.13. The zero-order valence-corrected chi connectivity index (χ0v) is 20.2. The normalized spacial score (nSPS) is 17.6. The van der Waals surface area contributed by atoms with Gasteiger partial charge in [0.05, 0.1) is 33.5 Å². The van der Waals surface area contributed by atoms with Crippen LogP contribution < -0.4 is 4.90 Å². The van der Waals surface area contributed by atoms with E-state index >= 15 is 0 Å². The van der Waals surface area contributed by atoms with Crippen molar-refractivity contribution < 1.29 is 12.8 Å². The number of thiophene rings is 1. The molecule has 0 saturated carbocycles. The minimum absolute atomic E-state index is 0.103. The average molecular weight is 486 g/mol. The Balaban J connectivity index is 1.45. The summed E-state index contributed by atoms with van der Waals surface area (Å²) in [7, 11) is -1.00. The van der Waals surface area contributed by atoms with E-state index in [9.17, 15) is 12.8 Å². The Hall–Kier alpha value is -2.85. The zero-order valence-electron chi connectivity index (χ0n) is 18.6. The highest BCUT2D eigenvalue weighted by Gasteiger charge is 2.31. The number of anilines is 1. The van der Waals surface area contributed by atoms with Crippen molar-refractivity contribution in [3.05, 3.63) is 59.4 Å². The van der Waals surface area contributed by atoms with E-state index in [1.165, 1.54) is 12.1 Å². The second-order valence-corrected chi connectivity index (χ2v) is 11.8. The molecule has 1 aliphatic rings. The van der Waals surface area contributed by atoms with Gasteiger partial charge in [-0.3, -0.25) is 4.68 Å². The van der Waals surface area contributed by atoms with E-state index in [1.54, 1.807) is 29.8 Å². The van der Waals surface area contributed by atoms with Gasteiger partial charge in [0.25, 0.3) is 0 Å². The van der Waals surface area contributed by atoms with Crippen LogP contribution in [-0.4, -0.2) is 46.7 Å². The maximum atomic E-state index is 13.3. The molecule has 7 nitrogen and oxygen atoms in total. The first kappa shape index (κ1) is 22.0. The van der Waals surface area contributed by atoms with Crippen molar-refractivity contribution in [1.82, 2.24) is 19.7 Å². The number of nitrogens with zero attached hydrogens (tertiary/aromatic N) is 5. The largest absolute Gasteiger partial charge is 0.354 e. The van der Waals surface area contributed by atoms with Crippen molar-refractivity contribution in [2.75, 3.05) is 23.5 Å². The highest BCUT2D eigenvalue weighted by atomic mass is 32.2. The van der Waals surface area contributed by atoms with Crippen molar-refractivity contribution >= 4 is 37.2 Å². The molecule has 172 valence electrons. The maximum absolute atomic E-state index is 13.3. The van der Waals surface area contributed by atoms with Gasteiger partial charge in [0.1, 0.15) is 18.0 Å². The van der Waals surface area contributed by atoms with E-state index in [0.29, 0.717) is 13.0 Å². The summed E-state index contributed by atoms with van der Waals surface area (Å²) in [5.41, 5.74) is 4.74. The van der Waals surface area contributed by atoms with Crippen molar-refractivity contribution in [2.45, 2.75) is 32.9 Å². The number of benzene rings is 1. The van der Waals surface area contributed by atoms with Crippen LogP contribution in [0.4, 0.5) is 10.2 Å². The average Bonchev–Trinajstić information content (AvgIpc) is 3.45. The lowest BCUT2D eigenvalue weighted by Crippen LogP contribution is -2.19. The molecule has 4 heterocycles. The van der Waals surface area contributed by atoms with E-state index < -0.39 is 9.84 Å². The van der Waals surface area contributed by atoms with Gasteiger partial charge in [0.15, 0.2) is 9.84 Å². The van der Waals surface area contributed by atoms with Crippen molar-refractivity contribution in [3.63, 3.8) is 0 Å². The Bertz CT molecular complexity index is 1440. The molecule has 3 aromatic heterocycles.